The molecular weight excluding hydrogens is 382 g/mol. The Morgan fingerprint density at radius 3 is 2.87 bits per heavy atom. The first kappa shape index (κ1) is 21.6. The van der Waals surface area contributed by atoms with Crippen LogP contribution in [0.25, 0.3) is 0 Å². The van der Waals surface area contributed by atoms with E-state index in [4.69, 9.17) is 10.5 Å². The highest BCUT2D eigenvalue weighted by molar-refractivity contribution is 5.83. The molecule has 3 rings (SSSR count). The van der Waals surface area contributed by atoms with E-state index >= 15 is 0 Å². The van der Waals surface area contributed by atoms with Gasteiger partial charge in [0.15, 0.2) is 0 Å². The minimum atomic E-state index is -0.671. The van der Waals surface area contributed by atoms with Crippen molar-refractivity contribution in [1.82, 2.24) is 20.2 Å². The molecule has 1 aliphatic heterocycles. The molecule has 160 valence electrons. The maximum atomic E-state index is 12.9. The van der Waals surface area contributed by atoms with Gasteiger partial charge >= 0.3 is 5.97 Å². The number of nitrogens with zero attached hydrogens (tertiary/aromatic N) is 2. The van der Waals surface area contributed by atoms with Gasteiger partial charge in [0.25, 0.3) is 0 Å². The fourth-order valence-corrected chi connectivity index (χ4v) is 3.61. The molecule has 1 aliphatic rings. The second kappa shape index (κ2) is 10.1. The number of carbonyl (C=O) groups is 2. The Hall–Kier alpha value is -3.13. The summed E-state index contributed by atoms with van der Waals surface area (Å²) in [5.41, 5.74) is 8.42. The number of hydrogen-bond donors (Lipinski definition) is 3. The van der Waals surface area contributed by atoms with Gasteiger partial charge in [-0.2, -0.15) is 0 Å². The fraction of sp³-hybridized carbons (Fsp3) is 0.409. The zero-order chi connectivity index (χ0) is 21.5. The van der Waals surface area contributed by atoms with Crippen LogP contribution in [-0.4, -0.2) is 51.4 Å². The lowest BCUT2D eigenvalue weighted by Crippen LogP contribution is -2.49. The highest BCUT2D eigenvalue weighted by Gasteiger charge is 2.34. The van der Waals surface area contributed by atoms with E-state index in [1.165, 1.54) is 0 Å². The highest BCUT2D eigenvalue weighted by Crippen LogP contribution is 2.23. The zero-order valence-corrected chi connectivity index (χ0v) is 17.2. The molecule has 0 saturated carbocycles. The molecule has 8 heteroatoms. The molecule has 0 aliphatic carbocycles. The maximum Gasteiger partial charge on any atom is 0.328 e. The lowest BCUT2D eigenvalue weighted by Gasteiger charge is -2.30. The SMILES string of the molecule is C=C(N[C@H](C)C(=O)OCc1ccccc1)[C@@H]1CCCN1C(=O)[C@@H](N)Cc1c[nH]cn1. The molecule has 2 heterocycles. The highest BCUT2D eigenvalue weighted by atomic mass is 16.5. The van der Waals surface area contributed by atoms with E-state index in [-0.39, 0.29) is 24.5 Å². The van der Waals surface area contributed by atoms with Crippen molar-refractivity contribution in [1.29, 1.82) is 0 Å². The lowest BCUT2D eigenvalue weighted by atomic mass is 10.1. The molecule has 0 unspecified atom stereocenters. The molecule has 30 heavy (non-hydrogen) atoms. The first-order chi connectivity index (χ1) is 14.5. The van der Waals surface area contributed by atoms with Crippen molar-refractivity contribution in [3.63, 3.8) is 0 Å². The van der Waals surface area contributed by atoms with Crippen molar-refractivity contribution < 1.29 is 14.3 Å². The molecule has 1 saturated heterocycles. The quantitative estimate of drug-likeness (QED) is 0.539. The largest absolute Gasteiger partial charge is 0.459 e. The van der Waals surface area contributed by atoms with E-state index in [9.17, 15) is 9.59 Å². The van der Waals surface area contributed by atoms with Gasteiger partial charge in [-0.3, -0.25) is 4.79 Å². The van der Waals surface area contributed by atoms with E-state index in [0.29, 0.717) is 18.7 Å². The summed E-state index contributed by atoms with van der Waals surface area (Å²) in [7, 11) is 0. The first-order valence-corrected chi connectivity index (χ1v) is 10.2. The van der Waals surface area contributed by atoms with Crippen LogP contribution in [0.2, 0.25) is 0 Å². The fourth-order valence-electron chi connectivity index (χ4n) is 3.61. The Balaban J connectivity index is 1.51. The molecule has 0 spiro atoms. The van der Waals surface area contributed by atoms with Crippen LogP contribution in [-0.2, 0) is 27.4 Å². The number of imidazole rings is 1. The van der Waals surface area contributed by atoms with Gasteiger partial charge in [0, 0.05) is 24.9 Å². The molecule has 0 bridgehead atoms. The Kier molecular flexibility index (Phi) is 7.24. The van der Waals surface area contributed by atoms with Crippen LogP contribution in [0.15, 0.2) is 55.1 Å². The number of rotatable bonds is 9. The molecular formula is C22H29N5O3. The number of likely N-dealkylation sites (tertiary alicyclic amines) is 1. The minimum Gasteiger partial charge on any atom is -0.459 e. The molecule has 1 amide bonds. The molecule has 1 aromatic carbocycles. The molecule has 0 radical (unpaired) electrons. The lowest BCUT2D eigenvalue weighted by molar-refractivity contribution is -0.146. The molecule has 3 atom stereocenters. The number of amides is 1. The van der Waals surface area contributed by atoms with E-state index in [0.717, 1.165) is 24.1 Å². The van der Waals surface area contributed by atoms with Crippen LogP contribution in [0.1, 0.15) is 31.0 Å². The Morgan fingerprint density at radius 1 is 1.40 bits per heavy atom. The van der Waals surface area contributed by atoms with Gasteiger partial charge in [-0.25, -0.2) is 9.78 Å². The van der Waals surface area contributed by atoms with Gasteiger partial charge in [-0.05, 0) is 25.3 Å². The topological polar surface area (TPSA) is 113 Å². The van der Waals surface area contributed by atoms with Gasteiger partial charge in [-0.15, -0.1) is 0 Å². The number of H-pyrrole nitrogens is 1. The van der Waals surface area contributed by atoms with E-state index < -0.39 is 12.1 Å². The van der Waals surface area contributed by atoms with Crippen LogP contribution in [0.3, 0.4) is 0 Å². The van der Waals surface area contributed by atoms with Crippen LogP contribution in [0.4, 0.5) is 0 Å². The van der Waals surface area contributed by atoms with E-state index in [1.54, 1.807) is 24.3 Å². The summed E-state index contributed by atoms with van der Waals surface area (Å²) in [6.45, 7) is 6.63. The number of aromatic nitrogens is 2. The average Bonchev–Trinajstić information content (AvgIpc) is 3.44. The second-order valence-electron chi connectivity index (χ2n) is 7.55. The molecule has 2 aromatic rings. The number of hydrogen-bond acceptors (Lipinski definition) is 6. The average molecular weight is 412 g/mol. The third-order valence-electron chi connectivity index (χ3n) is 5.22. The third-order valence-corrected chi connectivity index (χ3v) is 5.22. The number of nitrogens with two attached hydrogens (primary N) is 1. The maximum absolute atomic E-state index is 12.9. The molecule has 1 aromatic heterocycles. The summed E-state index contributed by atoms with van der Waals surface area (Å²) in [4.78, 5) is 33.9. The van der Waals surface area contributed by atoms with Crippen LogP contribution in [0.5, 0.6) is 0 Å². The predicted octanol–water partition coefficient (Wildman–Crippen LogP) is 1.51. The van der Waals surface area contributed by atoms with Crippen LogP contribution >= 0.6 is 0 Å². The van der Waals surface area contributed by atoms with Gasteiger partial charge in [-0.1, -0.05) is 36.9 Å². The Morgan fingerprint density at radius 2 is 2.17 bits per heavy atom. The second-order valence-corrected chi connectivity index (χ2v) is 7.55. The van der Waals surface area contributed by atoms with E-state index in [1.807, 2.05) is 30.3 Å². The molecule has 8 nitrogen and oxygen atoms in total. The van der Waals surface area contributed by atoms with Gasteiger partial charge in [0.2, 0.25) is 5.91 Å². The normalized spacial score (nSPS) is 17.9. The van der Waals surface area contributed by atoms with Crippen molar-refractivity contribution in [3.05, 3.63) is 66.4 Å². The van der Waals surface area contributed by atoms with E-state index in [2.05, 4.69) is 21.9 Å². The Bertz CT molecular complexity index is 853. The number of aromatic amines is 1. The van der Waals surface area contributed by atoms with Crippen molar-refractivity contribution in [3.8, 4) is 0 Å². The van der Waals surface area contributed by atoms with Crippen LogP contribution < -0.4 is 11.1 Å². The van der Waals surface area contributed by atoms with Gasteiger partial charge in [0.05, 0.1) is 24.1 Å². The van der Waals surface area contributed by atoms with Crippen LogP contribution in [0, 0.1) is 0 Å². The zero-order valence-electron chi connectivity index (χ0n) is 17.2. The summed E-state index contributed by atoms with van der Waals surface area (Å²) in [6.07, 6.45) is 5.30. The summed E-state index contributed by atoms with van der Waals surface area (Å²) in [5, 5.41) is 3.11. The summed E-state index contributed by atoms with van der Waals surface area (Å²) < 4.78 is 5.37. The number of esters is 1. The third kappa shape index (κ3) is 5.48. The monoisotopic (exact) mass is 411 g/mol. The summed E-state index contributed by atoms with van der Waals surface area (Å²) >= 11 is 0. The standard InChI is InChI=1S/C22H29N5O3/c1-15(26-16(2)22(29)30-13-17-7-4-3-5-8-17)20-9-6-10-27(20)21(28)19(23)11-18-12-24-14-25-18/h3-5,7-8,12,14,16,19-20,26H,1,6,9-11,13,23H2,2H3,(H,24,25)/t16-,19+,20+/m1/s1. The predicted molar refractivity (Wildman–Crippen MR) is 113 cm³/mol. The van der Waals surface area contributed by atoms with Crippen molar-refractivity contribution >= 4 is 11.9 Å². The number of benzene rings is 1. The summed E-state index contributed by atoms with van der Waals surface area (Å²) in [6, 6.07) is 8.06. The van der Waals surface area contributed by atoms with Crippen molar-refractivity contribution in [2.45, 2.75) is 50.9 Å². The van der Waals surface area contributed by atoms with Crippen molar-refractivity contribution in [2.24, 2.45) is 5.73 Å². The summed E-state index contributed by atoms with van der Waals surface area (Å²) in [5.74, 6) is -0.506. The number of nitrogens with one attached hydrogen (secondary N) is 2. The number of carbonyl (C=O) groups excluding carboxylic acids is 2. The minimum absolute atomic E-state index is 0.136. The smallest absolute Gasteiger partial charge is 0.328 e. The van der Waals surface area contributed by atoms with Crippen molar-refractivity contribution in [2.75, 3.05) is 6.54 Å². The van der Waals surface area contributed by atoms with Gasteiger partial charge in [0.1, 0.15) is 12.6 Å². The molecule has 4 N–H and O–H groups in total. The Labute approximate surface area is 176 Å². The number of ether oxygens (including phenoxy) is 1. The van der Waals surface area contributed by atoms with Gasteiger partial charge < -0.3 is 25.7 Å². The molecule has 1 fully saturated rings. The first-order valence-electron chi connectivity index (χ1n) is 10.2.